The van der Waals surface area contributed by atoms with Gasteiger partial charge in [0.15, 0.2) is 5.75 Å². The lowest BCUT2D eigenvalue weighted by atomic mass is 10.2. The summed E-state index contributed by atoms with van der Waals surface area (Å²) in [4.78, 5) is 24.2. The van der Waals surface area contributed by atoms with E-state index in [4.69, 9.17) is 4.74 Å². The maximum Gasteiger partial charge on any atom is 0.310 e. The van der Waals surface area contributed by atoms with E-state index >= 15 is 0 Å². The number of hydrogen-bond donors (Lipinski definition) is 1. The van der Waals surface area contributed by atoms with E-state index in [9.17, 15) is 14.9 Å². The molecule has 0 spiro atoms. The quantitative estimate of drug-likeness (QED) is 0.629. The molecule has 7 heteroatoms. The third-order valence-electron chi connectivity index (χ3n) is 3.61. The first-order valence-electron chi connectivity index (χ1n) is 6.95. The van der Waals surface area contributed by atoms with E-state index in [0.29, 0.717) is 13.2 Å². The van der Waals surface area contributed by atoms with E-state index in [1.165, 1.54) is 6.07 Å². The van der Waals surface area contributed by atoms with Crippen LogP contribution in [-0.2, 0) is 4.79 Å². The van der Waals surface area contributed by atoms with Crippen LogP contribution in [0.1, 0.15) is 12.8 Å². The highest BCUT2D eigenvalue weighted by Gasteiger charge is 2.29. The van der Waals surface area contributed by atoms with E-state index < -0.39 is 4.92 Å². The summed E-state index contributed by atoms with van der Waals surface area (Å²) in [6, 6.07) is 6.18. The van der Waals surface area contributed by atoms with Crippen LogP contribution in [0.4, 0.5) is 5.69 Å². The molecular formula is C14H19N3O4. The number of amides is 1. The molecule has 1 amide bonds. The average molecular weight is 293 g/mol. The van der Waals surface area contributed by atoms with Crippen LogP contribution in [0.2, 0.25) is 0 Å². The fraction of sp³-hybridized carbons (Fsp3) is 0.500. The second-order valence-electron chi connectivity index (χ2n) is 4.88. The summed E-state index contributed by atoms with van der Waals surface area (Å²) in [7, 11) is 1.63. The van der Waals surface area contributed by atoms with Gasteiger partial charge in [-0.25, -0.2) is 0 Å². The minimum absolute atomic E-state index is 0.0122. The second-order valence-corrected chi connectivity index (χ2v) is 4.88. The van der Waals surface area contributed by atoms with E-state index in [1.54, 1.807) is 25.2 Å². The predicted molar refractivity (Wildman–Crippen MR) is 77.3 cm³/mol. The molecule has 1 aliphatic rings. The highest BCUT2D eigenvalue weighted by molar-refractivity contribution is 5.81. The minimum Gasteiger partial charge on any atom is -0.485 e. The largest absolute Gasteiger partial charge is 0.485 e. The van der Waals surface area contributed by atoms with Gasteiger partial charge in [0.05, 0.1) is 11.0 Å². The molecule has 1 N–H and O–H groups in total. The molecular weight excluding hydrogens is 274 g/mol. The maximum atomic E-state index is 11.7. The Balaban J connectivity index is 1.90. The molecule has 1 atom stereocenters. The lowest BCUT2D eigenvalue weighted by molar-refractivity contribution is -0.385. The van der Waals surface area contributed by atoms with Gasteiger partial charge in [-0.3, -0.25) is 19.8 Å². The molecule has 0 saturated carbocycles. The Labute approximate surface area is 123 Å². The maximum absolute atomic E-state index is 11.7. The molecule has 114 valence electrons. The summed E-state index contributed by atoms with van der Waals surface area (Å²) in [5.41, 5.74) is -0.0400. The Hall–Kier alpha value is -2.15. The Morgan fingerprint density at radius 1 is 1.52 bits per heavy atom. The van der Waals surface area contributed by atoms with Crippen molar-refractivity contribution < 1.29 is 14.5 Å². The Bertz CT molecular complexity index is 521. The molecule has 1 aromatic carbocycles. The van der Waals surface area contributed by atoms with Crippen molar-refractivity contribution in [2.75, 3.05) is 26.7 Å². The van der Waals surface area contributed by atoms with Crippen molar-refractivity contribution in [2.45, 2.75) is 18.9 Å². The van der Waals surface area contributed by atoms with Crippen LogP contribution in [0.25, 0.3) is 0 Å². The molecule has 1 heterocycles. The predicted octanol–water partition coefficient (Wildman–Crippen LogP) is 1.18. The lowest BCUT2D eigenvalue weighted by Crippen LogP contribution is -2.43. The molecule has 7 nitrogen and oxygen atoms in total. The number of carbonyl (C=O) groups is 1. The zero-order valence-electron chi connectivity index (χ0n) is 11.9. The van der Waals surface area contributed by atoms with Gasteiger partial charge in [-0.1, -0.05) is 12.1 Å². The number of likely N-dealkylation sites (tertiary alicyclic amines) is 1. The van der Waals surface area contributed by atoms with Crippen molar-refractivity contribution in [1.82, 2.24) is 10.2 Å². The van der Waals surface area contributed by atoms with Crippen molar-refractivity contribution in [2.24, 2.45) is 0 Å². The summed E-state index contributed by atoms with van der Waals surface area (Å²) >= 11 is 0. The number of hydrogen-bond acceptors (Lipinski definition) is 5. The van der Waals surface area contributed by atoms with E-state index in [1.807, 2.05) is 4.90 Å². The molecule has 0 aliphatic carbocycles. The first-order valence-corrected chi connectivity index (χ1v) is 6.95. The number of carbonyl (C=O) groups excluding carboxylic acids is 1. The Kier molecular flexibility index (Phi) is 5.10. The third-order valence-corrected chi connectivity index (χ3v) is 3.61. The van der Waals surface area contributed by atoms with Gasteiger partial charge in [-0.2, -0.15) is 0 Å². The number of nitro benzene ring substituents is 1. The van der Waals surface area contributed by atoms with Crippen molar-refractivity contribution in [1.29, 1.82) is 0 Å². The monoisotopic (exact) mass is 293 g/mol. The number of nitro groups is 1. The number of nitrogens with zero attached hydrogens (tertiary/aromatic N) is 2. The van der Waals surface area contributed by atoms with Crippen molar-refractivity contribution in [3.05, 3.63) is 34.4 Å². The molecule has 1 fully saturated rings. The van der Waals surface area contributed by atoms with Gasteiger partial charge in [0.2, 0.25) is 5.91 Å². The van der Waals surface area contributed by atoms with Gasteiger partial charge in [-0.05, 0) is 25.5 Å². The summed E-state index contributed by atoms with van der Waals surface area (Å²) < 4.78 is 5.51. The van der Waals surface area contributed by atoms with Crippen LogP contribution >= 0.6 is 0 Å². The van der Waals surface area contributed by atoms with Crippen LogP contribution in [-0.4, -0.2) is 48.5 Å². The van der Waals surface area contributed by atoms with E-state index in [2.05, 4.69) is 5.32 Å². The molecule has 21 heavy (non-hydrogen) atoms. The fourth-order valence-electron chi connectivity index (χ4n) is 2.56. The van der Waals surface area contributed by atoms with Crippen LogP contribution in [0, 0.1) is 10.1 Å². The first kappa shape index (κ1) is 15.2. The third kappa shape index (κ3) is 3.69. The van der Waals surface area contributed by atoms with Gasteiger partial charge >= 0.3 is 5.69 Å². The molecule has 0 radical (unpaired) electrons. The van der Waals surface area contributed by atoms with Gasteiger partial charge in [0, 0.05) is 19.7 Å². The average Bonchev–Trinajstić information content (AvgIpc) is 2.95. The molecule has 1 aliphatic heterocycles. The van der Waals surface area contributed by atoms with E-state index in [0.717, 1.165) is 19.4 Å². The lowest BCUT2D eigenvalue weighted by Gasteiger charge is -2.22. The number of likely N-dealkylation sites (N-methyl/N-ethyl adjacent to an activating group) is 1. The van der Waals surface area contributed by atoms with Crippen molar-refractivity contribution in [3.8, 4) is 5.75 Å². The van der Waals surface area contributed by atoms with Gasteiger partial charge < -0.3 is 10.1 Å². The van der Waals surface area contributed by atoms with Crippen molar-refractivity contribution in [3.63, 3.8) is 0 Å². The number of para-hydroxylation sites is 2. The zero-order valence-corrected chi connectivity index (χ0v) is 11.9. The summed E-state index contributed by atoms with van der Waals surface area (Å²) in [5.74, 6) is 0.274. The number of rotatable bonds is 6. The Morgan fingerprint density at radius 3 is 3.00 bits per heavy atom. The SMILES string of the molecule is CNC(=O)C1CCCN1CCOc1ccccc1[N+](=O)[O-]. The Morgan fingerprint density at radius 2 is 2.29 bits per heavy atom. The highest BCUT2D eigenvalue weighted by Crippen LogP contribution is 2.26. The number of nitrogens with one attached hydrogen (secondary N) is 1. The minimum atomic E-state index is -0.460. The normalized spacial score (nSPS) is 18.4. The van der Waals surface area contributed by atoms with Gasteiger partial charge in [-0.15, -0.1) is 0 Å². The van der Waals surface area contributed by atoms with Crippen LogP contribution < -0.4 is 10.1 Å². The zero-order chi connectivity index (χ0) is 15.2. The summed E-state index contributed by atoms with van der Waals surface area (Å²) in [5, 5.41) is 13.5. The van der Waals surface area contributed by atoms with E-state index in [-0.39, 0.29) is 23.4 Å². The molecule has 1 saturated heterocycles. The molecule has 2 rings (SSSR count). The van der Waals surface area contributed by atoms with Gasteiger partial charge in [0.1, 0.15) is 6.61 Å². The van der Waals surface area contributed by atoms with Crippen LogP contribution in [0.15, 0.2) is 24.3 Å². The summed E-state index contributed by atoms with van der Waals surface area (Å²) in [6.45, 7) is 1.74. The topological polar surface area (TPSA) is 84.7 Å². The molecule has 1 unspecified atom stereocenters. The second kappa shape index (κ2) is 7.03. The first-order chi connectivity index (χ1) is 10.1. The highest BCUT2D eigenvalue weighted by atomic mass is 16.6. The number of benzene rings is 1. The fourth-order valence-corrected chi connectivity index (χ4v) is 2.56. The number of ether oxygens (including phenoxy) is 1. The summed E-state index contributed by atoms with van der Waals surface area (Å²) in [6.07, 6.45) is 1.81. The van der Waals surface area contributed by atoms with Gasteiger partial charge in [0.25, 0.3) is 0 Å². The molecule has 1 aromatic rings. The standard InChI is InChI=1S/C14H19N3O4/c1-15-14(18)12-6-4-8-16(12)9-10-21-13-7-3-2-5-11(13)17(19)20/h2-3,5,7,12H,4,6,8-10H2,1H3,(H,15,18). The van der Waals surface area contributed by atoms with Crippen molar-refractivity contribution >= 4 is 11.6 Å². The van der Waals surface area contributed by atoms with Crippen LogP contribution in [0.3, 0.4) is 0 Å². The van der Waals surface area contributed by atoms with Crippen LogP contribution in [0.5, 0.6) is 5.75 Å². The smallest absolute Gasteiger partial charge is 0.310 e. The molecule has 0 bridgehead atoms. The molecule has 0 aromatic heterocycles.